The Morgan fingerprint density at radius 2 is 1.61 bits per heavy atom. The lowest BCUT2D eigenvalue weighted by atomic mass is 9.64. The van der Waals surface area contributed by atoms with Crippen LogP contribution in [0.15, 0.2) is 12.2 Å². The molecule has 2 fully saturated rings. The van der Waals surface area contributed by atoms with Crippen molar-refractivity contribution in [2.75, 3.05) is 0 Å². The van der Waals surface area contributed by atoms with Gasteiger partial charge in [-0.3, -0.25) is 0 Å². The van der Waals surface area contributed by atoms with Gasteiger partial charge in [-0.1, -0.05) is 32.8 Å². The van der Waals surface area contributed by atoms with E-state index in [1.807, 2.05) is 0 Å². The van der Waals surface area contributed by atoms with E-state index in [1.54, 1.807) is 0 Å². The molecule has 1 N–H and O–H groups in total. The van der Waals surface area contributed by atoms with E-state index in [0.717, 1.165) is 13.8 Å². The zero-order valence-electron chi connectivity index (χ0n) is 16.9. The smallest absolute Gasteiger partial charge is 0.449 e. The van der Waals surface area contributed by atoms with Crippen LogP contribution < -0.4 is 0 Å². The van der Waals surface area contributed by atoms with E-state index >= 15 is 8.78 Å². The third-order valence-electron chi connectivity index (χ3n) is 6.21. The zero-order chi connectivity index (χ0) is 24.1. The molecule has 1 saturated heterocycles. The van der Waals surface area contributed by atoms with Crippen molar-refractivity contribution in [3.63, 3.8) is 0 Å². The van der Waals surface area contributed by atoms with Crippen LogP contribution in [0.4, 0.5) is 35.1 Å². The number of rotatable bonds is 4. The fourth-order valence-electron chi connectivity index (χ4n) is 4.40. The molecule has 0 aromatic carbocycles. The number of hydrogen-bond donors (Lipinski definition) is 1. The molecular formula is C19H24F8O4. The first-order valence-electron chi connectivity index (χ1n) is 9.73. The fraction of sp³-hybridized carbons (Fsp3) is 0.842. The molecule has 0 aromatic heterocycles. The summed E-state index contributed by atoms with van der Waals surface area (Å²) in [6.07, 6.45) is -14.4. The predicted octanol–water partition coefficient (Wildman–Crippen LogP) is 5.44. The van der Waals surface area contributed by atoms with Crippen molar-refractivity contribution in [3.05, 3.63) is 12.2 Å². The molecule has 0 radical (unpaired) electrons. The van der Waals surface area contributed by atoms with E-state index < -0.39 is 65.6 Å². The van der Waals surface area contributed by atoms with Gasteiger partial charge in [0.15, 0.2) is 11.2 Å². The van der Waals surface area contributed by atoms with E-state index in [9.17, 15) is 36.2 Å². The normalized spacial score (nSPS) is 34.9. The summed E-state index contributed by atoms with van der Waals surface area (Å²) in [6, 6.07) is 0. The van der Waals surface area contributed by atoms with Crippen LogP contribution in [0, 0.1) is 5.92 Å². The van der Waals surface area contributed by atoms with Gasteiger partial charge in [0, 0.05) is 17.9 Å². The molecule has 2 rings (SSSR count). The molecule has 3 unspecified atom stereocenters. The Balaban J connectivity index is 2.87. The third-order valence-corrected chi connectivity index (χ3v) is 6.21. The van der Waals surface area contributed by atoms with Crippen molar-refractivity contribution >= 4 is 5.97 Å². The molecule has 0 aromatic rings. The van der Waals surface area contributed by atoms with Crippen molar-refractivity contribution in [2.24, 2.45) is 5.92 Å². The first-order chi connectivity index (χ1) is 13.9. The third kappa shape index (κ3) is 3.83. The molecule has 2 aliphatic rings. The van der Waals surface area contributed by atoms with Gasteiger partial charge in [0.2, 0.25) is 0 Å². The van der Waals surface area contributed by atoms with Crippen molar-refractivity contribution in [1.82, 2.24) is 0 Å². The molecule has 12 heteroatoms. The lowest BCUT2D eigenvalue weighted by Crippen LogP contribution is -2.81. The van der Waals surface area contributed by atoms with Crippen molar-refractivity contribution < 1.29 is 54.5 Å². The predicted molar refractivity (Wildman–Crippen MR) is 90.9 cm³/mol. The van der Waals surface area contributed by atoms with Gasteiger partial charge in [0.25, 0.3) is 0 Å². The lowest BCUT2D eigenvalue weighted by Gasteiger charge is -2.59. The number of halogens is 8. The van der Waals surface area contributed by atoms with E-state index in [4.69, 9.17) is 4.74 Å². The number of aliphatic hydroxyl groups is 1. The first kappa shape index (κ1) is 25.8. The number of hydrogen-bond acceptors (Lipinski definition) is 4. The minimum atomic E-state index is -6.34. The van der Waals surface area contributed by atoms with Crippen LogP contribution in [0.2, 0.25) is 0 Å². The SMILES string of the molecule is C=C(C)C(=O)OC1(C2CCCCC2)CC(CC)(C(F)(F)F)OC(O)(C(F)(F)F)C1(F)F. The fourth-order valence-corrected chi connectivity index (χ4v) is 4.40. The van der Waals surface area contributed by atoms with Crippen molar-refractivity contribution in [3.8, 4) is 0 Å². The second-order valence-electron chi connectivity index (χ2n) is 8.23. The van der Waals surface area contributed by atoms with Crippen LogP contribution in [0.1, 0.15) is 58.8 Å². The summed E-state index contributed by atoms with van der Waals surface area (Å²) in [5.74, 6) is -14.2. The van der Waals surface area contributed by atoms with Gasteiger partial charge in [-0.2, -0.15) is 35.1 Å². The Hall–Kier alpha value is -1.43. The largest absolute Gasteiger partial charge is 0.449 e. The zero-order valence-corrected chi connectivity index (χ0v) is 16.9. The second-order valence-corrected chi connectivity index (χ2v) is 8.23. The van der Waals surface area contributed by atoms with Gasteiger partial charge in [-0.05, 0) is 26.2 Å². The average Bonchev–Trinajstić information content (AvgIpc) is 2.64. The molecular weight excluding hydrogens is 444 g/mol. The Bertz CT molecular complexity index is 713. The van der Waals surface area contributed by atoms with Crippen LogP contribution >= 0.6 is 0 Å². The average molecular weight is 468 g/mol. The van der Waals surface area contributed by atoms with Gasteiger partial charge >= 0.3 is 30.0 Å². The quantitative estimate of drug-likeness (QED) is 0.339. The minimum absolute atomic E-state index is 0.218. The van der Waals surface area contributed by atoms with Crippen molar-refractivity contribution in [1.29, 1.82) is 0 Å². The number of ether oxygens (including phenoxy) is 2. The van der Waals surface area contributed by atoms with Gasteiger partial charge in [-0.25, -0.2) is 4.79 Å². The number of alkyl halides is 8. The molecule has 3 atom stereocenters. The van der Waals surface area contributed by atoms with Crippen molar-refractivity contribution in [2.45, 2.75) is 94.1 Å². The van der Waals surface area contributed by atoms with E-state index in [-0.39, 0.29) is 25.7 Å². The first-order valence-corrected chi connectivity index (χ1v) is 9.73. The summed E-state index contributed by atoms with van der Waals surface area (Å²) >= 11 is 0. The molecule has 1 aliphatic carbocycles. The molecule has 0 bridgehead atoms. The Morgan fingerprint density at radius 3 is 2.00 bits per heavy atom. The molecule has 31 heavy (non-hydrogen) atoms. The molecule has 1 aliphatic heterocycles. The highest BCUT2D eigenvalue weighted by Crippen LogP contribution is 2.64. The molecule has 0 amide bonds. The summed E-state index contributed by atoms with van der Waals surface area (Å²) < 4.78 is 123. The standard InChI is InChI=1S/C19H24F8O4/c1-4-14(18(22,23)24)10-15(30-13(28)11(2)3,12-8-6-5-7-9-12)16(20,21)17(29,31-14)19(25,26)27/h12,29H,2,4-10H2,1,3H3. The van der Waals surface area contributed by atoms with Crippen LogP contribution in [0.25, 0.3) is 0 Å². The highest BCUT2D eigenvalue weighted by atomic mass is 19.4. The topological polar surface area (TPSA) is 55.8 Å². The molecule has 4 nitrogen and oxygen atoms in total. The Labute approximate surface area is 173 Å². The minimum Gasteiger partial charge on any atom is -0.449 e. The number of esters is 1. The summed E-state index contributed by atoms with van der Waals surface area (Å²) in [6.45, 7) is 4.98. The monoisotopic (exact) mass is 468 g/mol. The number of carbonyl (C=O) groups excluding carboxylic acids is 1. The lowest BCUT2D eigenvalue weighted by molar-refractivity contribution is -0.522. The summed E-state index contributed by atoms with van der Waals surface area (Å²) in [7, 11) is 0. The van der Waals surface area contributed by atoms with E-state index in [2.05, 4.69) is 11.3 Å². The maximum absolute atomic E-state index is 15.6. The molecule has 1 saturated carbocycles. The van der Waals surface area contributed by atoms with Crippen LogP contribution in [0.5, 0.6) is 0 Å². The van der Waals surface area contributed by atoms with Gasteiger partial charge in [0.1, 0.15) is 0 Å². The van der Waals surface area contributed by atoms with Gasteiger partial charge < -0.3 is 14.6 Å². The number of carbonyl (C=O) groups is 1. The van der Waals surface area contributed by atoms with Gasteiger partial charge in [-0.15, -0.1) is 0 Å². The van der Waals surface area contributed by atoms with E-state index in [0.29, 0.717) is 6.42 Å². The summed E-state index contributed by atoms with van der Waals surface area (Å²) in [5, 5.41) is 10.1. The maximum atomic E-state index is 15.6. The molecule has 0 spiro atoms. The summed E-state index contributed by atoms with van der Waals surface area (Å²) in [4.78, 5) is 12.2. The van der Waals surface area contributed by atoms with Crippen LogP contribution in [-0.4, -0.2) is 46.3 Å². The molecule has 1 heterocycles. The Kier molecular flexibility index (Phi) is 6.55. The molecule has 180 valence electrons. The highest BCUT2D eigenvalue weighted by molar-refractivity contribution is 5.87. The van der Waals surface area contributed by atoms with Crippen LogP contribution in [0.3, 0.4) is 0 Å². The maximum Gasteiger partial charge on any atom is 0.449 e. The summed E-state index contributed by atoms with van der Waals surface area (Å²) in [5.41, 5.74) is -7.97. The van der Waals surface area contributed by atoms with Crippen LogP contribution in [-0.2, 0) is 14.3 Å². The second kappa shape index (κ2) is 7.86. The van der Waals surface area contributed by atoms with E-state index in [1.165, 1.54) is 0 Å². The highest BCUT2D eigenvalue weighted by Gasteiger charge is 2.87. The van der Waals surface area contributed by atoms with Gasteiger partial charge in [0.05, 0.1) is 0 Å². The Morgan fingerprint density at radius 1 is 1.10 bits per heavy atom.